The summed E-state index contributed by atoms with van der Waals surface area (Å²) in [6.45, 7) is 4.58. The van der Waals surface area contributed by atoms with Gasteiger partial charge >= 0.3 is 6.03 Å². The molecule has 1 aliphatic rings. The van der Waals surface area contributed by atoms with Gasteiger partial charge in [-0.2, -0.15) is 0 Å². The number of amides is 3. The van der Waals surface area contributed by atoms with Crippen LogP contribution in [0.3, 0.4) is 0 Å². The van der Waals surface area contributed by atoms with Gasteiger partial charge in [0.05, 0.1) is 30.8 Å². The molecule has 3 amide bonds. The standard InChI is InChI=1S/C23H28ClN3O4/c1-14(2)26-23(29)27-10-9-15-11-20(30-3)21(31-4)12-17(15)19(27)13-25-22(28)16-7-5-6-8-18(16)24/h5-8,11-12,14,19H,9-10,13H2,1-4H3,(H,25,28)(H,26,29). The lowest BCUT2D eigenvalue weighted by Crippen LogP contribution is -2.50. The number of nitrogens with zero attached hydrogens (tertiary/aromatic N) is 1. The van der Waals surface area contributed by atoms with Gasteiger partial charge in [-0.15, -0.1) is 0 Å². The Morgan fingerprint density at radius 3 is 2.48 bits per heavy atom. The molecule has 1 aliphatic heterocycles. The average molecular weight is 446 g/mol. The number of urea groups is 1. The third kappa shape index (κ3) is 5.05. The second-order valence-electron chi connectivity index (χ2n) is 7.66. The van der Waals surface area contributed by atoms with E-state index in [1.807, 2.05) is 26.0 Å². The van der Waals surface area contributed by atoms with Crippen molar-refractivity contribution in [2.45, 2.75) is 32.4 Å². The first-order valence-electron chi connectivity index (χ1n) is 10.2. The largest absolute Gasteiger partial charge is 0.493 e. The van der Waals surface area contributed by atoms with Gasteiger partial charge in [-0.1, -0.05) is 23.7 Å². The molecule has 0 fully saturated rings. The average Bonchev–Trinajstić information content (AvgIpc) is 2.75. The molecular formula is C23H28ClN3O4. The highest BCUT2D eigenvalue weighted by Crippen LogP contribution is 2.38. The second-order valence-corrected chi connectivity index (χ2v) is 8.07. The van der Waals surface area contributed by atoms with Crippen molar-refractivity contribution >= 4 is 23.5 Å². The van der Waals surface area contributed by atoms with E-state index in [2.05, 4.69) is 10.6 Å². The highest BCUT2D eigenvalue weighted by molar-refractivity contribution is 6.33. The molecule has 0 bridgehead atoms. The van der Waals surface area contributed by atoms with E-state index in [0.29, 0.717) is 35.1 Å². The van der Waals surface area contributed by atoms with Gasteiger partial charge in [0.1, 0.15) is 0 Å². The second kappa shape index (κ2) is 9.92. The van der Waals surface area contributed by atoms with Gasteiger partial charge in [0.15, 0.2) is 11.5 Å². The molecule has 0 radical (unpaired) electrons. The molecule has 8 heteroatoms. The van der Waals surface area contributed by atoms with Crippen molar-refractivity contribution in [1.82, 2.24) is 15.5 Å². The van der Waals surface area contributed by atoms with E-state index in [1.54, 1.807) is 43.4 Å². The van der Waals surface area contributed by atoms with E-state index in [0.717, 1.165) is 11.1 Å². The molecule has 0 aromatic heterocycles. The van der Waals surface area contributed by atoms with Crippen LogP contribution in [0.25, 0.3) is 0 Å². The molecule has 2 aromatic carbocycles. The maximum absolute atomic E-state index is 12.9. The predicted molar refractivity (Wildman–Crippen MR) is 120 cm³/mol. The van der Waals surface area contributed by atoms with Crippen LogP contribution in [0.1, 0.15) is 41.4 Å². The van der Waals surface area contributed by atoms with Gasteiger partial charge in [0, 0.05) is 19.1 Å². The quantitative estimate of drug-likeness (QED) is 0.708. The van der Waals surface area contributed by atoms with Crippen molar-refractivity contribution in [2.75, 3.05) is 27.3 Å². The Hall–Kier alpha value is -2.93. The van der Waals surface area contributed by atoms with E-state index in [4.69, 9.17) is 21.1 Å². The van der Waals surface area contributed by atoms with Crippen molar-refractivity contribution in [3.8, 4) is 11.5 Å². The number of carbonyl (C=O) groups excluding carboxylic acids is 2. The maximum atomic E-state index is 12.9. The van der Waals surface area contributed by atoms with Crippen LogP contribution >= 0.6 is 11.6 Å². The number of methoxy groups -OCH3 is 2. The first kappa shape index (κ1) is 22.7. The smallest absolute Gasteiger partial charge is 0.318 e. The first-order valence-corrected chi connectivity index (χ1v) is 10.6. The lowest BCUT2D eigenvalue weighted by molar-refractivity contribution is 0.0934. The number of fused-ring (bicyclic) bond motifs is 1. The highest BCUT2D eigenvalue weighted by atomic mass is 35.5. The van der Waals surface area contributed by atoms with Crippen LogP contribution in [0.5, 0.6) is 11.5 Å². The molecule has 3 rings (SSSR count). The molecule has 7 nitrogen and oxygen atoms in total. The van der Waals surface area contributed by atoms with E-state index in [1.165, 1.54) is 0 Å². The van der Waals surface area contributed by atoms with Gasteiger partial charge in [-0.05, 0) is 55.7 Å². The molecule has 31 heavy (non-hydrogen) atoms. The van der Waals surface area contributed by atoms with Gasteiger partial charge in [0.2, 0.25) is 0 Å². The molecule has 0 aliphatic carbocycles. The third-order valence-corrected chi connectivity index (χ3v) is 5.58. The highest BCUT2D eigenvalue weighted by Gasteiger charge is 2.33. The number of rotatable bonds is 6. The van der Waals surface area contributed by atoms with Crippen LogP contribution in [0.2, 0.25) is 5.02 Å². The summed E-state index contributed by atoms with van der Waals surface area (Å²) in [7, 11) is 3.17. The fraction of sp³-hybridized carbons (Fsp3) is 0.391. The van der Waals surface area contributed by atoms with Crippen molar-refractivity contribution in [2.24, 2.45) is 0 Å². The maximum Gasteiger partial charge on any atom is 0.318 e. The van der Waals surface area contributed by atoms with Gasteiger partial charge < -0.3 is 25.0 Å². The molecule has 166 valence electrons. The van der Waals surface area contributed by atoms with E-state index < -0.39 is 0 Å². The first-order chi connectivity index (χ1) is 14.8. The van der Waals surface area contributed by atoms with Crippen LogP contribution in [0, 0.1) is 0 Å². The zero-order valence-electron chi connectivity index (χ0n) is 18.2. The Labute approximate surface area is 187 Å². The fourth-order valence-electron chi connectivity index (χ4n) is 3.75. The zero-order valence-corrected chi connectivity index (χ0v) is 19.0. The summed E-state index contributed by atoms with van der Waals surface area (Å²) in [5.74, 6) is 0.928. The Bertz CT molecular complexity index is 964. The third-order valence-electron chi connectivity index (χ3n) is 5.25. The van der Waals surface area contributed by atoms with E-state index in [-0.39, 0.29) is 30.6 Å². The molecule has 2 N–H and O–H groups in total. The predicted octanol–water partition coefficient (Wildman–Crippen LogP) is 3.80. The molecule has 1 atom stereocenters. The lowest BCUT2D eigenvalue weighted by Gasteiger charge is -2.38. The van der Waals surface area contributed by atoms with Crippen LogP contribution in [-0.2, 0) is 6.42 Å². The van der Waals surface area contributed by atoms with E-state index >= 15 is 0 Å². The molecule has 2 aromatic rings. The van der Waals surface area contributed by atoms with Crippen molar-refractivity contribution < 1.29 is 19.1 Å². The number of ether oxygens (including phenoxy) is 2. The summed E-state index contributed by atoms with van der Waals surface area (Å²) >= 11 is 6.17. The molecular weight excluding hydrogens is 418 g/mol. The summed E-state index contributed by atoms with van der Waals surface area (Å²) in [5, 5.41) is 6.27. The van der Waals surface area contributed by atoms with Crippen LogP contribution in [0.4, 0.5) is 4.79 Å². The SMILES string of the molecule is COc1cc2c(cc1OC)C(CNC(=O)c1ccccc1Cl)N(C(=O)NC(C)C)CC2. The normalized spacial score (nSPS) is 15.3. The summed E-state index contributed by atoms with van der Waals surface area (Å²) in [6.07, 6.45) is 0.677. The monoisotopic (exact) mass is 445 g/mol. The summed E-state index contributed by atoms with van der Waals surface area (Å²) in [6, 6.07) is 10.2. The summed E-state index contributed by atoms with van der Waals surface area (Å²) in [5.41, 5.74) is 2.37. The molecule has 0 saturated carbocycles. The van der Waals surface area contributed by atoms with Gasteiger partial charge in [0.25, 0.3) is 5.91 Å². The summed E-state index contributed by atoms with van der Waals surface area (Å²) < 4.78 is 10.9. The Balaban J connectivity index is 1.92. The van der Waals surface area contributed by atoms with Crippen LogP contribution < -0.4 is 20.1 Å². The van der Waals surface area contributed by atoms with Crippen LogP contribution in [-0.4, -0.2) is 50.2 Å². The van der Waals surface area contributed by atoms with Crippen molar-refractivity contribution in [1.29, 1.82) is 0 Å². The number of halogens is 1. The minimum absolute atomic E-state index is 0.00216. The van der Waals surface area contributed by atoms with Crippen molar-refractivity contribution in [3.63, 3.8) is 0 Å². The Morgan fingerprint density at radius 2 is 1.84 bits per heavy atom. The minimum atomic E-state index is -0.367. The molecule has 0 saturated heterocycles. The number of benzene rings is 2. The van der Waals surface area contributed by atoms with Gasteiger partial charge in [-0.3, -0.25) is 4.79 Å². The number of hydrogen-bond acceptors (Lipinski definition) is 4. The van der Waals surface area contributed by atoms with Gasteiger partial charge in [-0.25, -0.2) is 4.79 Å². The number of hydrogen-bond donors (Lipinski definition) is 2. The zero-order chi connectivity index (χ0) is 22.5. The number of carbonyl (C=O) groups is 2. The van der Waals surface area contributed by atoms with E-state index in [9.17, 15) is 9.59 Å². The van der Waals surface area contributed by atoms with Crippen molar-refractivity contribution in [3.05, 3.63) is 58.1 Å². The Morgan fingerprint density at radius 1 is 1.16 bits per heavy atom. The minimum Gasteiger partial charge on any atom is -0.493 e. The molecule has 0 spiro atoms. The topological polar surface area (TPSA) is 79.9 Å². The summed E-state index contributed by atoms with van der Waals surface area (Å²) in [4.78, 5) is 27.4. The fourth-order valence-corrected chi connectivity index (χ4v) is 3.97. The molecule has 1 unspecified atom stereocenters. The number of nitrogens with one attached hydrogen (secondary N) is 2. The van der Waals surface area contributed by atoms with Crippen LogP contribution in [0.15, 0.2) is 36.4 Å². The molecule has 1 heterocycles. The lowest BCUT2D eigenvalue weighted by atomic mass is 9.91. The Kier molecular flexibility index (Phi) is 7.28.